The predicted molar refractivity (Wildman–Crippen MR) is 112 cm³/mol. The second-order valence-corrected chi connectivity index (χ2v) is 7.52. The van der Waals surface area contributed by atoms with E-state index in [0.29, 0.717) is 24.9 Å². The molecule has 0 saturated carbocycles. The fraction of sp³-hybridized carbons (Fsp3) is 0.500. The number of alkyl halides is 3. The summed E-state index contributed by atoms with van der Waals surface area (Å²) in [4.78, 5) is 38.5. The Morgan fingerprint density at radius 2 is 2.09 bits per heavy atom. The molecule has 0 radical (unpaired) electrons. The van der Waals surface area contributed by atoms with Gasteiger partial charge in [0.2, 0.25) is 5.91 Å². The zero-order valence-corrected chi connectivity index (χ0v) is 18.0. The molecule has 0 aromatic heterocycles. The largest absolute Gasteiger partial charge is 0.465 e. The second-order valence-electron chi connectivity index (χ2n) is 7.52. The molecule has 0 aliphatic carbocycles. The Morgan fingerprint density at radius 1 is 1.38 bits per heavy atom. The number of hydrogen-bond donors (Lipinski definition) is 2. The van der Waals surface area contributed by atoms with E-state index in [0.717, 1.165) is 12.1 Å². The van der Waals surface area contributed by atoms with Crippen LogP contribution >= 0.6 is 0 Å². The van der Waals surface area contributed by atoms with Gasteiger partial charge >= 0.3 is 12.3 Å². The molecule has 1 aromatic rings. The first-order valence-corrected chi connectivity index (χ1v) is 10.4. The molecule has 7 nitrogen and oxygen atoms in total. The van der Waals surface area contributed by atoms with Crippen molar-refractivity contribution in [2.75, 3.05) is 13.1 Å². The van der Waals surface area contributed by atoms with Crippen molar-refractivity contribution in [3.63, 3.8) is 0 Å². The molecular formula is C22H28F3N3O4. The summed E-state index contributed by atoms with van der Waals surface area (Å²) >= 11 is 0. The highest BCUT2D eigenvalue weighted by Gasteiger charge is 2.46. The Balaban J connectivity index is 2.14. The van der Waals surface area contributed by atoms with Crippen molar-refractivity contribution in [1.82, 2.24) is 15.1 Å². The van der Waals surface area contributed by atoms with Gasteiger partial charge in [0.25, 0.3) is 0 Å². The Bertz CT molecular complexity index is 844. The first-order chi connectivity index (χ1) is 15.1. The smallest absolute Gasteiger partial charge is 0.416 e. The second kappa shape index (κ2) is 11.1. The van der Waals surface area contributed by atoms with Gasteiger partial charge in [0.05, 0.1) is 23.7 Å². The number of likely N-dealkylation sites (N-methyl/N-ethyl adjacent to an activating group) is 1. The highest BCUT2D eigenvalue weighted by molar-refractivity contribution is 5.82. The molecule has 1 aromatic carbocycles. The van der Waals surface area contributed by atoms with Gasteiger partial charge in [0.15, 0.2) is 0 Å². The van der Waals surface area contributed by atoms with Gasteiger partial charge in [0, 0.05) is 26.1 Å². The number of benzene rings is 1. The lowest BCUT2D eigenvalue weighted by Crippen LogP contribution is -2.70. The van der Waals surface area contributed by atoms with Crippen LogP contribution in [0.4, 0.5) is 18.0 Å². The molecule has 1 saturated heterocycles. The maximum absolute atomic E-state index is 12.9. The van der Waals surface area contributed by atoms with Gasteiger partial charge in [-0.25, -0.2) is 4.79 Å². The molecule has 1 fully saturated rings. The third-order valence-corrected chi connectivity index (χ3v) is 5.53. The summed E-state index contributed by atoms with van der Waals surface area (Å²) in [5, 5.41) is 12.1. The van der Waals surface area contributed by atoms with Gasteiger partial charge < -0.3 is 20.1 Å². The van der Waals surface area contributed by atoms with E-state index in [4.69, 9.17) is 0 Å². The van der Waals surface area contributed by atoms with Crippen LogP contribution in [0.5, 0.6) is 0 Å². The Morgan fingerprint density at radius 3 is 2.66 bits per heavy atom. The summed E-state index contributed by atoms with van der Waals surface area (Å²) in [5.41, 5.74) is -0.495. The van der Waals surface area contributed by atoms with Crippen molar-refractivity contribution in [2.45, 2.75) is 57.5 Å². The van der Waals surface area contributed by atoms with Crippen molar-refractivity contribution in [1.29, 1.82) is 0 Å². The number of carbonyl (C=O) groups excluding carboxylic acids is 2. The number of carbonyl (C=O) groups is 3. The lowest BCUT2D eigenvalue weighted by Gasteiger charge is -2.53. The van der Waals surface area contributed by atoms with Gasteiger partial charge in [0.1, 0.15) is 6.29 Å². The summed E-state index contributed by atoms with van der Waals surface area (Å²) in [6.07, 6.45) is -0.895. The van der Waals surface area contributed by atoms with Crippen molar-refractivity contribution in [3.05, 3.63) is 47.5 Å². The lowest BCUT2D eigenvalue weighted by atomic mass is 9.90. The van der Waals surface area contributed by atoms with Crippen LogP contribution in [0.15, 0.2) is 36.4 Å². The molecule has 32 heavy (non-hydrogen) atoms. The van der Waals surface area contributed by atoms with Crippen LogP contribution in [0.1, 0.15) is 37.8 Å². The van der Waals surface area contributed by atoms with E-state index >= 15 is 0 Å². The maximum atomic E-state index is 12.9. The minimum absolute atomic E-state index is 0.0951. The molecule has 1 aliphatic rings. The number of rotatable bonds is 10. The van der Waals surface area contributed by atoms with E-state index in [1.54, 1.807) is 19.9 Å². The van der Waals surface area contributed by atoms with Gasteiger partial charge in [-0.2, -0.15) is 13.2 Å². The summed E-state index contributed by atoms with van der Waals surface area (Å²) in [5.74, 6) is -0.421. The van der Waals surface area contributed by atoms with Gasteiger partial charge in [-0.15, -0.1) is 0 Å². The Hall–Kier alpha value is -2.88. The number of nitrogens with zero attached hydrogens (tertiary/aromatic N) is 2. The third kappa shape index (κ3) is 6.09. The highest BCUT2D eigenvalue weighted by atomic mass is 19.4. The zero-order chi connectivity index (χ0) is 23.9. The number of hydrogen-bond acceptors (Lipinski definition) is 4. The van der Waals surface area contributed by atoms with Crippen LogP contribution in [0.2, 0.25) is 0 Å². The highest BCUT2D eigenvalue weighted by Crippen LogP contribution is 2.30. The zero-order valence-electron chi connectivity index (χ0n) is 18.0. The molecule has 2 rings (SSSR count). The minimum atomic E-state index is -4.48. The Labute approximate surface area is 184 Å². The quantitative estimate of drug-likeness (QED) is 0.417. The van der Waals surface area contributed by atoms with E-state index in [1.165, 1.54) is 17.0 Å². The number of allylic oxidation sites excluding steroid dienone is 1. The van der Waals surface area contributed by atoms with Crippen molar-refractivity contribution >= 4 is 18.3 Å². The number of nitrogens with one attached hydrogen (secondary N) is 1. The van der Waals surface area contributed by atoms with Crippen LogP contribution in [-0.2, 0) is 22.3 Å². The molecule has 2 N–H and O–H groups in total. The lowest BCUT2D eigenvalue weighted by molar-refractivity contribution is -0.137. The predicted octanol–water partition coefficient (Wildman–Crippen LogP) is 3.30. The molecule has 0 bridgehead atoms. The molecule has 3 atom stereocenters. The number of carboxylic acid groups (broad SMARTS) is 1. The van der Waals surface area contributed by atoms with E-state index in [1.807, 2.05) is 11.0 Å². The number of halogens is 3. The van der Waals surface area contributed by atoms with Crippen LogP contribution < -0.4 is 5.32 Å². The van der Waals surface area contributed by atoms with Crippen LogP contribution in [-0.4, -0.2) is 64.4 Å². The van der Waals surface area contributed by atoms with Gasteiger partial charge in [-0.1, -0.05) is 24.3 Å². The van der Waals surface area contributed by atoms with E-state index in [-0.39, 0.29) is 31.5 Å². The molecule has 1 heterocycles. The average Bonchev–Trinajstić information content (AvgIpc) is 2.74. The molecular weight excluding hydrogens is 427 g/mol. The SMILES string of the molecule is C/C=C/C1C(N(CC)C(=O)O)CN1[C@@H](CCC=O)C(=O)NCc1cccc(C(F)(F)F)c1. The van der Waals surface area contributed by atoms with Crippen LogP contribution in [0.25, 0.3) is 0 Å². The number of likely N-dealkylation sites (tertiary alicyclic amines) is 1. The molecule has 0 spiro atoms. The summed E-state index contributed by atoms with van der Waals surface area (Å²) in [6, 6.07) is 3.33. The monoisotopic (exact) mass is 455 g/mol. The summed E-state index contributed by atoms with van der Waals surface area (Å²) in [7, 11) is 0. The normalized spacial score (nSPS) is 19.9. The van der Waals surface area contributed by atoms with Crippen molar-refractivity contribution < 1.29 is 32.7 Å². The molecule has 10 heteroatoms. The Kier molecular flexibility index (Phi) is 8.82. The fourth-order valence-electron chi connectivity index (χ4n) is 3.93. The minimum Gasteiger partial charge on any atom is -0.465 e. The van der Waals surface area contributed by atoms with E-state index in [2.05, 4.69) is 5.32 Å². The van der Waals surface area contributed by atoms with E-state index in [9.17, 15) is 32.7 Å². The molecule has 2 unspecified atom stereocenters. The standard InChI is InChI=1S/C22H28F3N3O4/c1-3-7-17-19(27(4-2)21(31)32)14-28(17)18(10-6-11-29)20(30)26-13-15-8-5-9-16(12-15)22(23,24)25/h3,5,7-9,11-12,17-19H,4,6,10,13-14H2,1-2H3,(H,26,30)(H,31,32)/b7-3+/t17?,18-,19?/m0/s1. The first kappa shape index (κ1) is 25.4. The first-order valence-electron chi connectivity index (χ1n) is 10.4. The van der Waals surface area contributed by atoms with Gasteiger partial charge in [-0.05, 0) is 38.0 Å². The topological polar surface area (TPSA) is 90.0 Å². The number of amides is 2. The fourth-order valence-corrected chi connectivity index (χ4v) is 3.93. The number of aldehydes is 1. The summed E-state index contributed by atoms with van der Waals surface area (Å²) < 4.78 is 38.8. The maximum Gasteiger partial charge on any atom is 0.416 e. The van der Waals surface area contributed by atoms with E-state index < -0.39 is 29.8 Å². The third-order valence-electron chi connectivity index (χ3n) is 5.53. The van der Waals surface area contributed by atoms with Gasteiger partial charge in [-0.3, -0.25) is 9.69 Å². The average molecular weight is 455 g/mol. The van der Waals surface area contributed by atoms with Crippen molar-refractivity contribution in [2.24, 2.45) is 0 Å². The molecule has 2 amide bonds. The molecule has 1 aliphatic heterocycles. The summed E-state index contributed by atoms with van der Waals surface area (Å²) in [6.45, 7) is 4.04. The van der Waals surface area contributed by atoms with Crippen LogP contribution in [0.3, 0.4) is 0 Å². The molecule has 176 valence electrons. The van der Waals surface area contributed by atoms with Crippen molar-refractivity contribution in [3.8, 4) is 0 Å². The van der Waals surface area contributed by atoms with Crippen LogP contribution in [0, 0.1) is 0 Å².